The molecule has 1 aliphatic rings. The summed E-state index contributed by atoms with van der Waals surface area (Å²) < 4.78 is 44.3. The van der Waals surface area contributed by atoms with E-state index in [1.807, 2.05) is 6.07 Å². The van der Waals surface area contributed by atoms with Crippen LogP contribution in [0.4, 0.5) is 24.5 Å². The summed E-state index contributed by atoms with van der Waals surface area (Å²) in [4.78, 5) is 23.2. The second-order valence-corrected chi connectivity index (χ2v) is 8.36. The van der Waals surface area contributed by atoms with Gasteiger partial charge >= 0.3 is 11.9 Å². The van der Waals surface area contributed by atoms with E-state index in [0.717, 1.165) is 6.07 Å². The van der Waals surface area contributed by atoms with Gasteiger partial charge in [-0.05, 0) is 55.0 Å². The highest BCUT2D eigenvalue weighted by molar-refractivity contribution is 6.38. The Morgan fingerprint density at radius 2 is 1.69 bits per heavy atom. The van der Waals surface area contributed by atoms with Gasteiger partial charge in [-0.2, -0.15) is 23.3 Å². The van der Waals surface area contributed by atoms with E-state index in [-0.39, 0.29) is 27.3 Å². The minimum absolute atomic E-state index is 0.0801. The summed E-state index contributed by atoms with van der Waals surface area (Å²) in [6, 6.07) is 13.5. The number of alkyl halides is 3. The first-order valence-corrected chi connectivity index (χ1v) is 10.9. The third-order valence-corrected chi connectivity index (χ3v) is 5.65. The molecule has 0 saturated carbocycles. The molecule has 0 spiro atoms. The average molecular weight is 536 g/mol. The third kappa shape index (κ3) is 5.05. The van der Waals surface area contributed by atoms with Gasteiger partial charge in [-0.15, -0.1) is 0 Å². The highest BCUT2D eigenvalue weighted by Gasteiger charge is 2.34. The van der Waals surface area contributed by atoms with Crippen LogP contribution in [0.3, 0.4) is 0 Å². The first-order valence-electron chi connectivity index (χ1n) is 10.1. The molecule has 4 rings (SSSR count). The molecule has 36 heavy (non-hydrogen) atoms. The minimum atomic E-state index is -4.77. The van der Waals surface area contributed by atoms with Crippen LogP contribution < -0.4 is 9.75 Å². The lowest BCUT2D eigenvalue weighted by Gasteiger charge is -2.13. The Bertz CT molecular complexity index is 1420. The number of nitrogens with zero attached hydrogens (tertiary/aromatic N) is 3. The lowest BCUT2D eigenvalue weighted by Crippen LogP contribution is -2.21. The number of hydrogen-bond donors (Lipinski definition) is 0. The van der Waals surface area contributed by atoms with E-state index in [2.05, 4.69) is 5.10 Å². The van der Waals surface area contributed by atoms with Crippen molar-refractivity contribution in [1.29, 1.82) is 0 Å². The van der Waals surface area contributed by atoms with Crippen LogP contribution in [-0.4, -0.2) is 16.5 Å². The van der Waals surface area contributed by atoms with Crippen LogP contribution in [0.5, 0.6) is 11.5 Å². The van der Waals surface area contributed by atoms with Gasteiger partial charge in [-0.1, -0.05) is 41.4 Å². The van der Waals surface area contributed by atoms with Gasteiger partial charge in [0.25, 0.3) is 5.91 Å². The zero-order chi connectivity index (χ0) is 26.2. The van der Waals surface area contributed by atoms with Crippen LogP contribution in [0.15, 0.2) is 71.3 Å². The maximum absolute atomic E-state index is 13.0. The Morgan fingerprint density at radius 3 is 2.28 bits per heavy atom. The molecule has 0 bridgehead atoms. The van der Waals surface area contributed by atoms with Crippen molar-refractivity contribution in [1.82, 2.24) is 0 Å². The smallest absolute Gasteiger partial charge is 0.416 e. The molecular formula is C24H14Cl2F3N3O4. The molecule has 1 aliphatic heterocycles. The Kier molecular flexibility index (Phi) is 6.75. The van der Waals surface area contributed by atoms with Crippen LogP contribution in [0.2, 0.25) is 10.0 Å². The molecule has 0 atom stereocenters. The molecule has 3 aromatic carbocycles. The van der Waals surface area contributed by atoms with Gasteiger partial charge in [-0.25, -0.2) is 0 Å². The van der Waals surface area contributed by atoms with Gasteiger partial charge in [0.2, 0.25) is 5.75 Å². The number of hydrogen-bond acceptors (Lipinski definition) is 5. The number of para-hydroxylation sites is 1. The predicted octanol–water partition coefficient (Wildman–Crippen LogP) is 7.52. The van der Waals surface area contributed by atoms with Crippen molar-refractivity contribution in [3.8, 4) is 11.5 Å². The van der Waals surface area contributed by atoms with E-state index in [9.17, 15) is 28.1 Å². The molecule has 3 aromatic rings. The largest absolute Gasteiger partial charge is 0.447 e. The zero-order valence-electron chi connectivity index (χ0n) is 18.2. The van der Waals surface area contributed by atoms with Crippen molar-refractivity contribution in [3.05, 3.63) is 97.5 Å². The van der Waals surface area contributed by atoms with Crippen LogP contribution in [-0.2, 0) is 11.0 Å². The molecule has 0 saturated heterocycles. The Balaban J connectivity index is 1.65. The Labute approximate surface area is 212 Å². The van der Waals surface area contributed by atoms with Gasteiger partial charge in [0, 0.05) is 6.07 Å². The van der Waals surface area contributed by atoms with Crippen LogP contribution in [0.25, 0.3) is 6.08 Å². The van der Waals surface area contributed by atoms with Crippen molar-refractivity contribution in [2.24, 2.45) is 5.10 Å². The van der Waals surface area contributed by atoms with E-state index in [4.69, 9.17) is 27.9 Å². The molecule has 1 amide bonds. The second kappa shape index (κ2) is 9.63. The molecule has 0 fully saturated rings. The molecule has 0 N–H and O–H groups in total. The second-order valence-electron chi connectivity index (χ2n) is 7.55. The number of halogens is 5. The average Bonchev–Trinajstić information content (AvgIpc) is 3.09. The molecular weight excluding hydrogens is 522 g/mol. The van der Waals surface area contributed by atoms with Crippen molar-refractivity contribution >= 4 is 52.3 Å². The van der Waals surface area contributed by atoms with Crippen molar-refractivity contribution in [2.75, 3.05) is 5.01 Å². The zero-order valence-corrected chi connectivity index (χ0v) is 19.7. The van der Waals surface area contributed by atoms with Gasteiger partial charge in [-0.3, -0.25) is 14.9 Å². The summed E-state index contributed by atoms with van der Waals surface area (Å²) in [6.07, 6.45) is -3.25. The summed E-state index contributed by atoms with van der Waals surface area (Å²) in [7, 11) is 0. The number of carbonyl (C=O) groups excluding carboxylic acids is 1. The molecule has 1 heterocycles. The fourth-order valence-electron chi connectivity index (χ4n) is 3.39. The molecule has 0 radical (unpaired) electrons. The molecule has 184 valence electrons. The van der Waals surface area contributed by atoms with Gasteiger partial charge < -0.3 is 4.74 Å². The van der Waals surface area contributed by atoms with Crippen molar-refractivity contribution in [2.45, 2.75) is 13.1 Å². The number of nitro benzene ring substituents is 1. The molecule has 7 nitrogen and oxygen atoms in total. The predicted molar refractivity (Wildman–Crippen MR) is 130 cm³/mol. The summed E-state index contributed by atoms with van der Waals surface area (Å²) in [6.45, 7) is 1.66. The van der Waals surface area contributed by atoms with Gasteiger partial charge in [0.15, 0.2) is 5.75 Å². The lowest BCUT2D eigenvalue weighted by atomic mass is 10.1. The first kappa shape index (κ1) is 25.2. The Morgan fingerprint density at radius 1 is 1.06 bits per heavy atom. The SMILES string of the molecule is CC1=NN(c2ccccc2)C(=O)/C1=C/c1cc(Cl)c(Oc2ccc(C(F)(F)F)cc2[N+](=O)[O-])c(Cl)c1. The maximum Gasteiger partial charge on any atom is 0.416 e. The normalized spacial score (nSPS) is 14.8. The van der Waals surface area contributed by atoms with E-state index in [0.29, 0.717) is 29.1 Å². The highest BCUT2D eigenvalue weighted by Crippen LogP contribution is 2.42. The van der Waals surface area contributed by atoms with E-state index in [1.54, 1.807) is 31.2 Å². The number of amides is 1. The summed E-state index contributed by atoms with van der Waals surface area (Å²) in [5.74, 6) is -1.04. The number of carbonyl (C=O) groups is 1. The summed E-state index contributed by atoms with van der Waals surface area (Å²) >= 11 is 12.6. The van der Waals surface area contributed by atoms with Crippen LogP contribution >= 0.6 is 23.2 Å². The molecule has 0 unspecified atom stereocenters. The van der Waals surface area contributed by atoms with Crippen molar-refractivity contribution < 1.29 is 27.6 Å². The number of rotatable bonds is 5. The summed E-state index contributed by atoms with van der Waals surface area (Å²) in [5.41, 5.74) is -0.374. The van der Waals surface area contributed by atoms with Crippen LogP contribution in [0.1, 0.15) is 18.1 Å². The van der Waals surface area contributed by atoms with E-state index >= 15 is 0 Å². The summed E-state index contributed by atoms with van der Waals surface area (Å²) in [5, 5.41) is 16.7. The van der Waals surface area contributed by atoms with Gasteiger partial charge in [0.1, 0.15) is 0 Å². The van der Waals surface area contributed by atoms with Gasteiger partial charge in [0.05, 0.1) is 37.5 Å². The Hall–Kier alpha value is -3.89. The quantitative estimate of drug-likeness (QED) is 0.192. The third-order valence-electron chi connectivity index (χ3n) is 5.09. The highest BCUT2D eigenvalue weighted by atomic mass is 35.5. The fourth-order valence-corrected chi connectivity index (χ4v) is 3.97. The van der Waals surface area contributed by atoms with Crippen LogP contribution in [0, 0.1) is 10.1 Å². The number of benzene rings is 3. The topological polar surface area (TPSA) is 85.0 Å². The standard InChI is InChI=1S/C24H14Cl2F3N3O4/c1-13-17(23(33)31(30-13)16-5-3-2-4-6-16)9-14-10-18(25)22(19(26)11-14)36-21-8-7-15(24(27,28)29)12-20(21)32(34)35/h2-12H,1H3/b17-9+. The van der Waals surface area contributed by atoms with E-state index < -0.39 is 28.1 Å². The lowest BCUT2D eigenvalue weighted by molar-refractivity contribution is -0.385. The minimum Gasteiger partial charge on any atom is -0.447 e. The molecule has 0 aromatic heterocycles. The number of hydrazone groups is 1. The monoisotopic (exact) mass is 535 g/mol. The molecule has 12 heteroatoms. The molecule has 0 aliphatic carbocycles. The first-order chi connectivity index (χ1) is 17.0. The van der Waals surface area contributed by atoms with Crippen molar-refractivity contribution in [3.63, 3.8) is 0 Å². The number of ether oxygens (including phenoxy) is 1. The maximum atomic E-state index is 13.0. The fraction of sp³-hybridized carbons (Fsp3) is 0.0833. The number of anilines is 1. The number of nitro groups is 1. The van der Waals surface area contributed by atoms with E-state index in [1.165, 1.54) is 23.2 Å².